The van der Waals surface area contributed by atoms with E-state index in [4.69, 9.17) is 14.8 Å². The van der Waals surface area contributed by atoms with Gasteiger partial charge in [0.05, 0.1) is 40.2 Å². The van der Waals surface area contributed by atoms with E-state index >= 15 is 0 Å². The van der Waals surface area contributed by atoms with E-state index in [0.717, 1.165) is 54.2 Å². The molecule has 1 atom stereocenters. The Kier molecular flexibility index (Phi) is 4.03. The number of thiazole rings is 1. The standard InChI is InChI=1S/C19H23N5OS/c1-12(23-7-9-25-10-8-23)19-21-18(14-3-4-14)22-24(19)15-5-6-16-17(11-15)26-13(2)20-16/h5-6,11-12,14H,3-4,7-10H2,1-2H3. The van der Waals surface area contributed by atoms with E-state index in [0.29, 0.717) is 5.92 Å². The van der Waals surface area contributed by atoms with Crippen molar-refractivity contribution in [1.82, 2.24) is 24.6 Å². The summed E-state index contributed by atoms with van der Waals surface area (Å²) in [5.74, 6) is 2.58. The average Bonchev–Trinajstić information content (AvgIpc) is 3.30. The number of fused-ring (bicyclic) bond motifs is 1. The minimum Gasteiger partial charge on any atom is -0.379 e. The molecule has 2 aliphatic rings. The number of nitrogens with zero attached hydrogens (tertiary/aromatic N) is 5. The maximum absolute atomic E-state index is 5.51. The molecule has 1 saturated heterocycles. The fourth-order valence-electron chi connectivity index (χ4n) is 3.60. The highest BCUT2D eigenvalue weighted by atomic mass is 32.1. The van der Waals surface area contributed by atoms with Gasteiger partial charge >= 0.3 is 0 Å². The fraction of sp³-hybridized carbons (Fsp3) is 0.526. The molecular weight excluding hydrogens is 346 g/mol. The first-order chi connectivity index (χ1) is 12.7. The van der Waals surface area contributed by atoms with Gasteiger partial charge in [0.25, 0.3) is 0 Å². The SMILES string of the molecule is Cc1nc2ccc(-n3nc(C4CC4)nc3C(C)N3CCOCC3)cc2s1. The van der Waals surface area contributed by atoms with Gasteiger partial charge in [0, 0.05) is 19.0 Å². The molecule has 0 amide bonds. The Hall–Kier alpha value is -1.83. The van der Waals surface area contributed by atoms with Gasteiger partial charge in [0.2, 0.25) is 0 Å². The third-order valence-corrected chi connectivity index (χ3v) is 6.22. The van der Waals surface area contributed by atoms with Gasteiger partial charge in [-0.25, -0.2) is 14.6 Å². The lowest BCUT2D eigenvalue weighted by Gasteiger charge is -2.31. The largest absolute Gasteiger partial charge is 0.379 e. The van der Waals surface area contributed by atoms with Crippen molar-refractivity contribution >= 4 is 21.6 Å². The third kappa shape index (κ3) is 2.94. The molecule has 1 aromatic carbocycles. The molecule has 136 valence electrons. The first-order valence-electron chi connectivity index (χ1n) is 9.35. The Bertz CT molecular complexity index is 939. The number of aryl methyl sites for hydroxylation is 1. The van der Waals surface area contributed by atoms with E-state index in [9.17, 15) is 0 Å². The van der Waals surface area contributed by atoms with Gasteiger partial charge in [0.15, 0.2) is 5.82 Å². The van der Waals surface area contributed by atoms with Crippen LogP contribution in [0.25, 0.3) is 15.9 Å². The lowest BCUT2D eigenvalue weighted by molar-refractivity contribution is 0.0178. The molecule has 2 fully saturated rings. The summed E-state index contributed by atoms with van der Waals surface area (Å²) in [6.45, 7) is 7.76. The van der Waals surface area contributed by atoms with E-state index < -0.39 is 0 Å². The van der Waals surface area contributed by atoms with Crippen molar-refractivity contribution in [3.8, 4) is 5.69 Å². The molecule has 2 aromatic heterocycles. The molecule has 7 heteroatoms. The highest BCUT2D eigenvalue weighted by molar-refractivity contribution is 7.18. The lowest BCUT2D eigenvalue weighted by Crippen LogP contribution is -2.38. The van der Waals surface area contributed by atoms with E-state index in [1.165, 1.54) is 17.5 Å². The van der Waals surface area contributed by atoms with Gasteiger partial charge in [-0.05, 0) is 44.9 Å². The van der Waals surface area contributed by atoms with Crippen molar-refractivity contribution < 1.29 is 4.74 Å². The van der Waals surface area contributed by atoms with Crippen LogP contribution < -0.4 is 0 Å². The van der Waals surface area contributed by atoms with Gasteiger partial charge in [-0.15, -0.1) is 11.3 Å². The molecule has 0 N–H and O–H groups in total. The molecule has 0 radical (unpaired) electrons. The summed E-state index contributed by atoms with van der Waals surface area (Å²) < 4.78 is 8.77. The van der Waals surface area contributed by atoms with Gasteiger partial charge in [-0.3, -0.25) is 4.90 Å². The second-order valence-electron chi connectivity index (χ2n) is 7.22. The van der Waals surface area contributed by atoms with Crippen LogP contribution in [0.15, 0.2) is 18.2 Å². The summed E-state index contributed by atoms with van der Waals surface area (Å²) in [5, 5.41) is 6.00. The number of hydrogen-bond donors (Lipinski definition) is 0. The monoisotopic (exact) mass is 369 g/mol. The number of ether oxygens (including phenoxy) is 1. The Balaban J connectivity index is 1.57. The maximum Gasteiger partial charge on any atom is 0.154 e. The van der Waals surface area contributed by atoms with Crippen molar-refractivity contribution in [3.63, 3.8) is 0 Å². The van der Waals surface area contributed by atoms with Crippen molar-refractivity contribution in [1.29, 1.82) is 0 Å². The highest BCUT2D eigenvalue weighted by Gasteiger charge is 2.32. The zero-order chi connectivity index (χ0) is 17.7. The summed E-state index contributed by atoms with van der Waals surface area (Å²) >= 11 is 1.73. The second kappa shape index (κ2) is 6.40. The first kappa shape index (κ1) is 16.4. The van der Waals surface area contributed by atoms with Crippen molar-refractivity contribution in [3.05, 3.63) is 34.9 Å². The molecule has 0 bridgehead atoms. The van der Waals surface area contributed by atoms with E-state index in [1.54, 1.807) is 11.3 Å². The first-order valence-corrected chi connectivity index (χ1v) is 10.2. The van der Waals surface area contributed by atoms with Crippen LogP contribution >= 0.6 is 11.3 Å². The molecule has 3 aromatic rings. The van der Waals surface area contributed by atoms with Gasteiger partial charge < -0.3 is 4.74 Å². The van der Waals surface area contributed by atoms with Crippen molar-refractivity contribution in [2.24, 2.45) is 0 Å². The Morgan fingerprint density at radius 1 is 1.19 bits per heavy atom. The molecule has 1 unspecified atom stereocenters. The van der Waals surface area contributed by atoms with Gasteiger partial charge in [0.1, 0.15) is 5.82 Å². The number of aromatic nitrogens is 4. The molecule has 0 spiro atoms. The van der Waals surface area contributed by atoms with Crippen molar-refractivity contribution in [2.75, 3.05) is 26.3 Å². The fourth-order valence-corrected chi connectivity index (χ4v) is 4.46. The molecular formula is C19H23N5OS. The summed E-state index contributed by atoms with van der Waals surface area (Å²) in [4.78, 5) is 12.0. The van der Waals surface area contributed by atoms with E-state index in [-0.39, 0.29) is 6.04 Å². The van der Waals surface area contributed by atoms with Crippen LogP contribution in [-0.4, -0.2) is 51.0 Å². The van der Waals surface area contributed by atoms with Crippen molar-refractivity contribution in [2.45, 2.75) is 38.6 Å². The number of hydrogen-bond acceptors (Lipinski definition) is 6. The molecule has 6 nitrogen and oxygen atoms in total. The van der Waals surface area contributed by atoms with Gasteiger partial charge in [-0.1, -0.05) is 0 Å². The third-order valence-electron chi connectivity index (χ3n) is 5.28. The maximum atomic E-state index is 5.51. The summed E-state index contributed by atoms with van der Waals surface area (Å²) in [7, 11) is 0. The summed E-state index contributed by atoms with van der Waals surface area (Å²) in [6.07, 6.45) is 2.42. The topological polar surface area (TPSA) is 56.1 Å². The number of rotatable bonds is 4. The highest BCUT2D eigenvalue weighted by Crippen LogP contribution is 2.39. The molecule has 1 aliphatic heterocycles. The molecule has 1 saturated carbocycles. The van der Waals surface area contributed by atoms with Crippen LogP contribution in [0.3, 0.4) is 0 Å². The predicted octanol–water partition coefficient (Wildman–Crippen LogP) is 3.46. The van der Waals surface area contributed by atoms with Crippen LogP contribution in [0.5, 0.6) is 0 Å². The summed E-state index contributed by atoms with van der Waals surface area (Å²) in [5.41, 5.74) is 2.14. The Morgan fingerprint density at radius 2 is 2.00 bits per heavy atom. The average molecular weight is 369 g/mol. The molecule has 26 heavy (non-hydrogen) atoms. The zero-order valence-electron chi connectivity index (χ0n) is 15.2. The van der Waals surface area contributed by atoms with Crippen LogP contribution in [0.1, 0.15) is 48.4 Å². The molecule has 1 aliphatic carbocycles. The summed E-state index contributed by atoms with van der Waals surface area (Å²) in [6, 6.07) is 6.62. The van der Waals surface area contributed by atoms with Crippen LogP contribution in [0.4, 0.5) is 0 Å². The van der Waals surface area contributed by atoms with E-state index in [1.807, 2.05) is 0 Å². The smallest absolute Gasteiger partial charge is 0.154 e. The van der Waals surface area contributed by atoms with Crippen LogP contribution in [-0.2, 0) is 4.74 Å². The lowest BCUT2D eigenvalue weighted by atomic mass is 10.2. The second-order valence-corrected chi connectivity index (χ2v) is 8.46. The molecule has 3 heterocycles. The quantitative estimate of drug-likeness (QED) is 0.705. The van der Waals surface area contributed by atoms with Crippen LogP contribution in [0.2, 0.25) is 0 Å². The Morgan fingerprint density at radius 3 is 2.77 bits per heavy atom. The minimum atomic E-state index is 0.220. The minimum absolute atomic E-state index is 0.220. The Labute approximate surface area is 156 Å². The van der Waals surface area contributed by atoms with Crippen LogP contribution in [0, 0.1) is 6.92 Å². The number of benzene rings is 1. The van der Waals surface area contributed by atoms with Gasteiger partial charge in [-0.2, -0.15) is 5.10 Å². The number of morpholine rings is 1. The predicted molar refractivity (Wildman–Crippen MR) is 102 cm³/mol. The molecule has 5 rings (SSSR count). The zero-order valence-corrected chi connectivity index (χ0v) is 16.0. The normalized spacial score (nSPS) is 19.9. The van der Waals surface area contributed by atoms with E-state index in [2.05, 4.69) is 46.6 Å².